The molecule has 1 amide bonds. The molecule has 0 bridgehead atoms. The summed E-state index contributed by atoms with van der Waals surface area (Å²) in [5.41, 5.74) is 0. The van der Waals surface area contributed by atoms with Gasteiger partial charge < -0.3 is 9.64 Å². The molecule has 2 rings (SSSR count). The van der Waals surface area contributed by atoms with Crippen LogP contribution in [0.2, 0.25) is 0 Å². The van der Waals surface area contributed by atoms with Gasteiger partial charge in [0.25, 0.3) is 0 Å². The van der Waals surface area contributed by atoms with E-state index >= 15 is 0 Å². The molecule has 4 nitrogen and oxygen atoms in total. The molecule has 112 valence electrons. The molecule has 0 aliphatic carbocycles. The van der Waals surface area contributed by atoms with Crippen molar-refractivity contribution in [3.63, 3.8) is 0 Å². The molecule has 0 spiro atoms. The summed E-state index contributed by atoms with van der Waals surface area (Å²) in [5.74, 6) is 0.205. The molecule has 0 radical (unpaired) electrons. The number of nitrogens with one attached hydrogen (secondary N) is 1. The summed E-state index contributed by atoms with van der Waals surface area (Å²) in [7, 11) is 0. The number of hydrogen-bond acceptors (Lipinski definition) is 4. The summed E-state index contributed by atoms with van der Waals surface area (Å²) in [4.78, 5) is 17.0. The zero-order valence-corrected chi connectivity index (χ0v) is 13.3. The Bertz CT molecular complexity index is 441. The van der Waals surface area contributed by atoms with Crippen molar-refractivity contribution in [2.75, 3.05) is 26.3 Å². The number of ether oxygens (including phenoxy) is 1. The van der Waals surface area contributed by atoms with E-state index in [-0.39, 0.29) is 18.0 Å². The molecule has 1 aliphatic rings. The quantitative estimate of drug-likeness (QED) is 0.907. The predicted molar refractivity (Wildman–Crippen MR) is 82.1 cm³/mol. The molecule has 20 heavy (non-hydrogen) atoms. The summed E-state index contributed by atoms with van der Waals surface area (Å²) in [6.45, 7) is 9.02. The van der Waals surface area contributed by atoms with Crippen molar-refractivity contribution in [3.8, 4) is 0 Å². The fourth-order valence-electron chi connectivity index (χ4n) is 2.44. The van der Waals surface area contributed by atoms with Crippen LogP contribution in [0.15, 0.2) is 12.1 Å². The Morgan fingerprint density at radius 3 is 2.70 bits per heavy atom. The molecule has 1 fully saturated rings. The molecule has 0 saturated carbocycles. The van der Waals surface area contributed by atoms with E-state index in [1.54, 1.807) is 11.3 Å². The number of nitrogens with zero attached hydrogens (tertiary/aromatic N) is 1. The third-order valence-electron chi connectivity index (χ3n) is 3.67. The minimum absolute atomic E-state index is 0.106. The van der Waals surface area contributed by atoms with Crippen LogP contribution in [-0.2, 0) is 9.53 Å². The summed E-state index contributed by atoms with van der Waals surface area (Å²) in [5, 5.41) is 3.47. The smallest absolute Gasteiger partial charge is 0.239 e. The molecular formula is C15H24N2O2S. The van der Waals surface area contributed by atoms with Crippen LogP contribution in [0.1, 0.15) is 36.1 Å². The zero-order chi connectivity index (χ0) is 14.5. The van der Waals surface area contributed by atoms with E-state index in [0.717, 1.165) is 6.42 Å². The standard InChI is InChI=1S/C15H24N2O2S/c1-4-13(15(18)17-7-9-19-10-8-17)16-12(3)14-6-5-11(2)20-14/h5-6,12-13,16H,4,7-10H2,1-3H3/t12-,13+/m1/s1. The average Bonchev–Trinajstić information content (AvgIpc) is 2.91. The Labute approximate surface area is 125 Å². The van der Waals surface area contributed by atoms with Gasteiger partial charge in [0.15, 0.2) is 0 Å². The van der Waals surface area contributed by atoms with Gasteiger partial charge in [-0.25, -0.2) is 0 Å². The highest BCUT2D eigenvalue weighted by molar-refractivity contribution is 7.12. The highest BCUT2D eigenvalue weighted by Gasteiger charge is 2.26. The second-order valence-electron chi connectivity index (χ2n) is 5.24. The first kappa shape index (κ1) is 15.5. The lowest BCUT2D eigenvalue weighted by molar-refractivity contribution is -0.137. The lowest BCUT2D eigenvalue weighted by Crippen LogP contribution is -2.50. The van der Waals surface area contributed by atoms with Crippen LogP contribution >= 0.6 is 11.3 Å². The van der Waals surface area contributed by atoms with Crippen molar-refractivity contribution in [1.29, 1.82) is 0 Å². The van der Waals surface area contributed by atoms with Gasteiger partial charge >= 0.3 is 0 Å². The third-order valence-corrected chi connectivity index (χ3v) is 4.85. The van der Waals surface area contributed by atoms with Crippen molar-refractivity contribution in [3.05, 3.63) is 21.9 Å². The first-order valence-corrected chi connectivity index (χ1v) is 8.12. The topological polar surface area (TPSA) is 41.6 Å². The van der Waals surface area contributed by atoms with E-state index in [9.17, 15) is 4.79 Å². The van der Waals surface area contributed by atoms with Gasteiger partial charge in [0.05, 0.1) is 19.3 Å². The fraction of sp³-hybridized carbons (Fsp3) is 0.667. The molecule has 2 atom stereocenters. The zero-order valence-electron chi connectivity index (χ0n) is 12.5. The van der Waals surface area contributed by atoms with Crippen molar-refractivity contribution < 1.29 is 9.53 Å². The maximum absolute atomic E-state index is 12.5. The number of carbonyl (C=O) groups is 1. The monoisotopic (exact) mass is 296 g/mol. The van der Waals surface area contributed by atoms with Crippen molar-refractivity contribution in [2.24, 2.45) is 0 Å². The fourth-order valence-corrected chi connectivity index (χ4v) is 3.33. The number of aryl methyl sites for hydroxylation is 1. The lowest BCUT2D eigenvalue weighted by Gasteiger charge is -2.31. The molecule has 0 unspecified atom stereocenters. The summed E-state index contributed by atoms with van der Waals surface area (Å²) in [6, 6.07) is 4.38. The van der Waals surface area contributed by atoms with Gasteiger partial charge in [-0.3, -0.25) is 10.1 Å². The van der Waals surface area contributed by atoms with Gasteiger partial charge in [0.1, 0.15) is 0 Å². The second-order valence-corrected chi connectivity index (χ2v) is 6.55. The van der Waals surface area contributed by atoms with E-state index in [4.69, 9.17) is 4.74 Å². The van der Waals surface area contributed by atoms with Crippen LogP contribution in [0.4, 0.5) is 0 Å². The van der Waals surface area contributed by atoms with Gasteiger partial charge in [-0.1, -0.05) is 6.92 Å². The highest BCUT2D eigenvalue weighted by Crippen LogP contribution is 2.23. The van der Waals surface area contributed by atoms with E-state index in [1.807, 2.05) is 4.90 Å². The largest absolute Gasteiger partial charge is 0.378 e. The van der Waals surface area contributed by atoms with E-state index in [2.05, 4.69) is 38.2 Å². The Kier molecular flexibility index (Phi) is 5.57. The van der Waals surface area contributed by atoms with Crippen molar-refractivity contribution in [2.45, 2.75) is 39.3 Å². The van der Waals surface area contributed by atoms with Gasteiger partial charge in [-0.2, -0.15) is 0 Å². The molecule has 0 aromatic carbocycles. The van der Waals surface area contributed by atoms with Crippen LogP contribution in [-0.4, -0.2) is 43.2 Å². The minimum Gasteiger partial charge on any atom is -0.378 e. The molecule has 1 saturated heterocycles. The van der Waals surface area contributed by atoms with Gasteiger partial charge in [0, 0.05) is 28.9 Å². The Morgan fingerprint density at radius 1 is 1.45 bits per heavy atom. The molecule has 1 N–H and O–H groups in total. The summed E-state index contributed by atoms with van der Waals surface area (Å²) >= 11 is 1.79. The van der Waals surface area contributed by atoms with Gasteiger partial charge in [-0.15, -0.1) is 11.3 Å². The summed E-state index contributed by atoms with van der Waals surface area (Å²) < 4.78 is 5.30. The minimum atomic E-state index is -0.106. The number of amides is 1. The van der Waals surface area contributed by atoms with Gasteiger partial charge in [-0.05, 0) is 32.4 Å². The van der Waals surface area contributed by atoms with Crippen LogP contribution in [0, 0.1) is 6.92 Å². The number of carbonyl (C=O) groups excluding carboxylic acids is 1. The Balaban J connectivity index is 1.95. The first-order valence-electron chi connectivity index (χ1n) is 7.30. The Morgan fingerprint density at radius 2 is 2.15 bits per heavy atom. The van der Waals surface area contributed by atoms with Crippen molar-refractivity contribution in [1.82, 2.24) is 10.2 Å². The normalized spacial score (nSPS) is 18.9. The third kappa shape index (κ3) is 3.81. The van der Waals surface area contributed by atoms with Crippen LogP contribution < -0.4 is 5.32 Å². The number of hydrogen-bond donors (Lipinski definition) is 1. The number of rotatable bonds is 5. The average molecular weight is 296 g/mol. The molecule has 5 heteroatoms. The van der Waals surface area contributed by atoms with E-state index in [1.165, 1.54) is 9.75 Å². The first-order chi connectivity index (χ1) is 9.61. The maximum Gasteiger partial charge on any atom is 0.239 e. The summed E-state index contributed by atoms with van der Waals surface area (Å²) in [6.07, 6.45) is 0.810. The number of thiophene rings is 1. The molecule has 1 aromatic heterocycles. The van der Waals surface area contributed by atoms with Crippen LogP contribution in [0.5, 0.6) is 0 Å². The molecular weight excluding hydrogens is 272 g/mol. The molecule has 1 aromatic rings. The van der Waals surface area contributed by atoms with Crippen LogP contribution in [0.25, 0.3) is 0 Å². The second kappa shape index (κ2) is 7.20. The SMILES string of the molecule is CC[C@H](N[C@H](C)c1ccc(C)s1)C(=O)N1CCOCC1. The predicted octanol–water partition coefficient (Wildman–Crippen LogP) is 2.34. The number of morpholine rings is 1. The van der Waals surface area contributed by atoms with Gasteiger partial charge in [0.2, 0.25) is 5.91 Å². The highest BCUT2D eigenvalue weighted by atomic mass is 32.1. The van der Waals surface area contributed by atoms with Crippen molar-refractivity contribution >= 4 is 17.2 Å². The van der Waals surface area contributed by atoms with Crippen LogP contribution in [0.3, 0.4) is 0 Å². The van der Waals surface area contributed by atoms with E-state index in [0.29, 0.717) is 26.3 Å². The molecule has 2 heterocycles. The Hall–Kier alpha value is -0.910. The van der Waals surface area contributed by atoms with E-state index < -0.39 is 0 Å². The lowest BCUT2D eigenvalue weighted by atomic mass is 10.1. The molecule has 1 aliphatic heterocycles. The maximum atomic E-state index is 12.5.